The number of aliphatic hydroxyl groups excluding tert-OH is 1. The van der Waals surface area contributed by atoms with E-state index in [1.165, 1.54) is 4.90 Å². The standard InChI is InChI=1S/C28H22N2O3/c1-17-9-10-18(2)23(14-17)30-25(22-8-5-13-29-16-22)24(27(32)28(30)33)26(31)21-12-11-19-6-3-4-7-20(19)15-21/h3-16,25,31H,1-2H3/b26-24-. The van der Waals surface area contributed by atoms with Crippen molar-refractivity contribution in [2.45, 2.75) is 19.9 Å². The van der Waals surface area contributed by atoms with Crippen molar-refractivity contribution < 1.29 is 14.7 Å². The first kappa shape index (κ1) is 20.6. The van der Waals surface area contributed by atoms with Gasteiger partial charge in [0, 0.05) is 23.6 Å². The predicted molar refractivity (Wildman–Crippen MR) is 129 cm³/mol. The van der Waals surface area contributed by atoms with Crippen LogP contribution in [0.3, 0.4) is 0 Å². The summed E-state index contributed by atoms with van der Waals surface area (Å²) in [6.45, 7) is 3.84. The average molecular weight is 434 g/mol. The van der Waals surface area contributed by atoms with Crippen molar-refractivity contribution in [3.05, 3.63) is 113 Å². The maximum absolute atomic E-state index is 13.3. The molecule has 4 aromatic rings. The quantitative estimate of drug-likeness (QED) is 0.263. The number of nitrogens with zero attached hydrogens (tertiary/aromatic N) is 2. The molecular formula is C28H22N2O3. The van der Waals surface area contributed by atoms with Crippen LogP contribution in [0.15, 0.2) is 90.8 Å². The number of Topliss-reactive ketones (excluding diaryl/α,β-unsaturated/α-hetero) is 1. The molecule has 0 saturated carbocycles. The number of aromatic nitrogens is 1. The fraction of sp³-hybridized carbons (Fsp3) is 0.107. The fourth-order valence-corrected chi connectivity index (χ4v) is 4.41. The third kappa shape index (κ3) is 3.48. The SMILES string of the molecule is Cc1ccc(C)c(N2C(=O)C(=O)/C(=C(\O)c3ccc4ccccc4c3)C2c2cccnc2)c1. The van der Waals surface area contributed by atoms with E-state index in [4.69, 9.17) is 0 Å². The fourth-order valence-electron chi connectivity index (χ4n) is 4.41. The molecule has 5 rings (SSSR count). The average Bonchev–Trinajstić information content (AvgIpc) is 3.10. The van der Waals surface area contributed by atoms with Gasteiger partial charge < -0.3 is 5.11 Å². The molecule has 0 radical (unpaired) electrons. The van der Waals surface area contributed by atoms with Crippen LogP contribution in [0.2, 0.25) is 0 Å². The van der Waals surface area contributed by atoms with E-state index < -0.39 is 17.7 Å². The number of ketones is 1. The molecule has 0 bridgehead atoms. The zero-order valence-corrected chi connectivity index (χ0v) is 18.3. The Kier molecular flexibility index (Phi) is 5.02. The van der Waals surface area contributed by atoms with E-state index in [0.717, 1.165) is 21.9 Å². The summed E-state index contributed by atoms with van der Waals surface area (Å²) in [4.78, 5) is 32.3. The van der Waals surface area contributed by atoms with Crippen LogP contribution >= 0.6 is 0 Å². The Morgan fingerprint density at radius 2 is 1.70 bits per heavy atom. The molecule has 5 heteroatoms. The lowest BCUT2D eigenvalue weighted by Crippen LogP contribution is -2.30. The number of hydrogen-bond acceptors (Lipinski definition) is 4. The van der Waals surface area contributed by atoms with Gasteiger partial charge in [0.25, 0.3) is 11.7 Å². The highest BCUT2D eigenvalue weighted by molar-refractivity contribution is 6.51. The summed E-state index contributed by atoms with van der Waals surface area (Å²) < 4.78 is 0. The van der Waals surface area contributed by atoms with Crippen molar-refractivity contribution in [2.24, 2.45) is 0 Å². The number of carbonyl (C=O) groups is 2. The van der Waals surface area contributed by atoms with Crippen molar-refractivity contribution in [3.8, 4) is 0 Å². The Hall–Kier alpha value is -4.25. The lowest BCUT2D eigenvalue weighted by molar-refractivity contribution is -0.132. The topological polar surface area (TPSA) is 70.5 Å². The Morgan fingerprint density at radius 1 is 0.909 bits per heavy atom. The van der Waals surface area contributed by atoms with Crippen LogP contribution in [0.4, 0.5) is 5.69 Å². The second kappa shape index (κ2) is 8.02. The Balaban J connectivity index is 1.75. The van der Waals surface area contributed by atoms with Gasteiger partial charge in [-0.1, -0.05) is 54.6 Å². The monoisotopic (exact) mass is 434 g/mol. The van der Waals surface area contributed by atoms with Crippen LogP contribution in [0.5, 0.6) is 0 Å². The van der Waals surface area contributed by atoms with Gasteiger partial charge in [-0.25, -0.2) is 0 Å². The third-order valence-electron chi connectivity index (χ3n) is 6.09. The van der Waals surface area contributed by atoms with Gasteiger partial charge in [-0.15, -0.1) is 0 Å². The third-order valence-corrected chi connectivity index (χ3v) is 6.09. The number of pyridine rings is 1. The van der Waals surface area contributed by atoms with Crippen molar-refractivity contribution in [3.63, 3.8) is 0 Å². The molecule has 1 amide bonds. The predicted octanol–water partition coefficient (Wildman–Crippen LogP) is 5.48. The highest BCUT2D eigenvalue weighted by Gasteiger charge is 2.47. The zero-order chi connectivity index (χ0) is 23.1. The second-order valence-corrected chi connectivity index (χ2v) is 8.31. The summed E-state index contributed by atoms with van der Waals surface area (Å²) >= 11 is 0. The summed E-state index contributed by atoms with van der Waals surface area (Å²) in [5, 5.41) is 13.3. The van der Waals surface area contributed by atoms with Crippen molar-refractivity contribution in [1.82, 2.24) is 4.98 Å². The van der Waals surface area contributed by atoms with E-state index >= 15 is 0 Å². The number of benzene rings is 3. The first-order valence-electron chi connectivity index (χ1n) is 10.7. The molecular weight excluding hydrogens is 412 g/mol. The lowest BCUT2D eigenvalue weighted by atomic mass is 9.95. The van der Waals surface area contributed by atoms with Gasteiger partial charge in [0.15, 0.2) is 0 Å². The van der Waals surface area contributed by atoms with Crippen LogP contribution in [0.25, 0.3) is 16.5 Å². The maximum atomic E-state index is 13.3. The molecule has 5 nitrogen and oxygen atoms in total. The van der Waals surface area contributed by atoms with Gasteiger partial charge in [-0.3, -0.25) is 19.5 Å². The Morgan fingerprint density at radius 3 is 2.45 bits per heavy atom. The molecule has 1 aromatic heterocycles. The number of aryl methyl sites for hydroxylation is 2. The van der Waals surface area contributed by atoms with Crippen LogP contribution in [0, 0.1) is 13.8 Å². The van der Waals surface area contributed by atoms with Crippen molar-refractivity contribution in [1.29, 1.82) is 0 Å². The molecule has 1 aliphatic heterocycles. The molecule has 1 aliphatic rings. The first-order chi connectivity index (χ1) is 16.0. The maximum Gasteiger partial charge on any atom is 0.300 e. The van der Waals surface area contributed by atoms with Gasteiger partial charge in [-0.2, -0.15) is 0 Å². The summed E-state index contributed by atoms with van der Waals surface area (Å²) in [7, 11) is 0. The number of aliphatic hydroxyl groups is 1. The minimum Gasteiger partial charge on any atom is -0.507 e. The zero-order valence-electron chi connectivity index (χ0n) is 18.3. The molecule has 2 heterocycles. The van der Waals surface area contributed by atoms with Gasteiger partial charge in [0.1, 0.15) is 5.76 Å². The molecule has 33 heavy (non-hydrogen) atoms. The van der Waals surface area contributed by atoms with Gasteiger partial charge in [0.2, 0.25) is 0 Å². The van der Waals surface area contributed by atoms with Crippen LogP contribution in [-0.4, -0.2) is 21.8 Å². The summed E-state index contributed by atoms with van der Waals surface area (Å²) in [6, 6.07) is 21.8. The van der Waals surface area contributed by atoms with Crippen molar-refractivity contribution >= 4 is 33.9 Å². The Labute approximate surface area is 191 Å². The number of amides is 1. The van der Waals surface area contributed by atoms with Crippen molar-refractivity contribution in [2.75, 3.05) is 4.90 Å². The number of hydrogen-bond donors (Lipinski definition) is 1. The van der Waals surface area contributed by atoms with E-state index in [2.05, 4.69) is 4.98 Å². The number of fused-ring (bicyclic) bond motifs is 1. The van der Waals surface area contributed by atoms with Gasteiger partial charge >= 0.3 is 0 Å². The first-order valence-corrected chi connectivity index (χ1v) is 10.7. The van der Waals surface area contributed by atoms with Crippen LogP contribution < -0.4 is 4.90 Å². The summed E-state index contributed by atoms with van der Waals surface area (Å²) in [5.41, 5.74) is 3.67. The smallest absolute Gasteiger partial charge is 0.300 e. The summed E-state index contributed by atoms with van der Waals surface area (Å²) in [6.07, 6.45) is 3.26. The largest absolute Gasteiger partial charge is 0.507 e. The number of carbonyl (C=O) groups excluding carboxylic acids is 2. The molecule has 3 aromatic carbocycles. The molecule has 1 N–H and O–H groups in total. The normalized spacial score (nSPS) is 17.6. The molecule has 1 saturated heterocycles. The molecule has 162 valence electrons. The van der Waals surface area contributed by atoms with E-state index in [1.807, 2.05) is 74.5 Å². The molecule has 1 atom stereocenters. The van der Waals surface area contributed by atoms with Gasteiger partial charge in [-0.05, 0) is 59.5 Å². The second-order valence-electron chi connectivity index (χ2n) is 8.31. The van der Waals surface area contributed by atoms with E-state index in [1.54, 1.807) is 24.5 Å². The number of anilines is 1. The van der Waals surface area contributed by atoms with Crippen LogP contribution in [-0.2, 0) is 9.59 Å². The van der Waals surface area contributed by atoms with E-state index in [9.17, 15) is 14.7 Å². The van der Waals surface area contributed by atoms with E-state index in [0.29, 0.717) is 16.8 Å². The molecule has 0 aliphatic carbocycles. The highest BCUT2D eigenvalue weighted by atomic mass is 16.3. The highest BCUT2D eigenvalue weighted by Crippen LogP contribution is 2.43. The number of rotatable bonds is 3. The minimum absolute atomic E-state index is 0.0594. The minimum atomic E-state index is -0.786. The Bertz CT molecular complexity index is 1440. The lowest BCUT2D eigenvalue weighted by Gasteiger charge is -2.27. The molecule has 1 unspecified atom stereocenters. The molecule has 1 fully saturated rings. The van der Waals surface area contributed by atoms with Gasteiger partial charge in [0.05, 0.1) is 11.6 Å². The van der Waals surface area contributed by atoms with Crippen LogP contribution in [0.1, 0.15) is 28.3 Å². The van der Waals surface area contributed by atoms with E-state index in [-0.39, 0.29) is 11.3 Å². The summed E-state index contributed by atoms with van der Waals surface area (Å²) in [5.74, 6) is -1.57. The molecule has 0 spiro atoms.